The van der Waals surface area contributed by atoms with Crippen molar-refractivity contribution in [1.29, 1.82) is 0 Å². The quantitative estimate of drug-likeness (QED) is 0.476. The van der Waals surface area contributed by atoms with Crippen LogP contribution in [0.3, 0.4) is 0 Å². The second kappa shape index (κ2) is 7.40. The number of benzene rings is 1. The minimum Gasteiger partial charge on any atom is -0.492 e. The second-order valence-electron chi connectivity index (χ2n) is 5.34. The van der Waals surface area contributed by atoms with E-state index in [1.165, 1.54) is 0 Å². The van der Waals surface area contributed by atoms with Crippen LogP contribution in [0, 0.1) is 0 Å². The Bertz CT molecular complexity index is 481. The van der Waals surface area contributed by atoms with Crippen molar-refractivity contribution in [2.45, 2.75) is 26.0 Å². The standard InChI is InChI=1S/C15H23N3O3/c1-11-10-21-12(2)9-18(11)6-7-20-14-5-3-4-13(8-14)15(19)17-16/h3-5,8,11-12H,6-7,9-10,16H2,1-2H3,(H,17,19). The lowest BCUT2D eigenvalue weighted by Crippen LogP contribution is -2.48. The maximum Gasteiger partial charge on any atom is 0.265 e. The lowest BCUT2D eigenvalue weighted by atomic mass is 10.2. The fourth-order valence-corrected chi connectivity index (χ4v) is 2.37. The number of rotatable bonds is 5. The molecule has 0 saturated carbocycles. The van der Waals surface area contributed by atoms with Gasteiger partial charge in [0, 0.05) is 24.7 Å². The monoisotopic (exact) mass is 293 g/mol. The minimum atomic E-state index is -0.323. The van der Waals surface area contributed by atoms with Gasteiger partial charge in [-0.3, -0.25) is 15.1 Å². The normalized spacial score (nSPS) is 22.8. The van der Waals surface area contributed by atoms with Crippen molar-refractivity contribution in [3.05, 3.63) is 29.8 Å². The summed E-state index contributed by atoms with van der Waals surface area (Å²) in [6, 6.07) is 7.39. The first kappa shape index (κ1) is 15.8. The van der Waals surface area contributed by atoms with Gasteiger partial charge in [-0.2, -0.15) is 0 Å². The van der Waals surface area contributed by atoms with Gasteiger partial charge in [0.1, 0.15) is 12.4 Å². The van der Waals surface area contributed by atoms with Crippen molar-refractivity contribution in [3.8, 4) is 5.75 Å². The van der Waals surface area contributed by atoms with Crippen molar-refractivity contribution in [3.63, 3.8) is 0 Å². The molecule has 116 valence electrons. The van der Waals surface area contributed by atoms with E-state index in [0.29, 0.717) is 24.0 Å². The fraction of sp³-hybridized carbons (Fsp3) is 0.533. The van der Waals surface area contributed by atoms with Crippen molar-refractivity contribution in [1.82, 2.24) is 10.3 Å². The lowest BCUT2D eigenvalue weighted by Gasteiger charge is -2.36. The summed E-state index contributed by atoms with van der Waals surface area (Å²) >= 11 is 0. The zero-order valence-corrected chi connectivity index (χ0v) is 12.5. The highest BCUT2D eigenvalue weighted by Gasteiger charge is 2.22. The number of hydrogen-bond donors (Lipinski definition) is 2. The van der Waals surface area contributed by atoms with Gasteiger partial charge in [-0.25, -0.2) is 5.84 Å². The average molecular weight is 293 g/mol. The molecule has 0 aliphatic carbocycles. The molecule has 1 aromatic carbocycles. The third-order valence-corrected chi connectivity index (χ3v) is 3.61. The lowest BCUT2D eigenvalue weighted by molar-refractivity contribution is -0.0522. The van der Waals surface area contributed by atoms with Gasteiger partial charge in [0.15, 0.2) is 0 Å². The van der Waals surface area contributed by atoms with Crippen LogP contribution in [-0.4, -0.2) is 49.3 Å². The maximum absolute atomic E-state index is 11.5. The summed E-state index contributed by atoms with van der Waals surface area (Å²) in [5.74, 6) is 5.47. The fourth-order valence-electron chi connectivity index (χ4n) is 2.37. The molecule has 1 aliphatic rings. The molecular formula is C15H23N3O3. The molecule has 0 bridgehead atoms. The number of carbonyl (C=O) groups is 1. The number of carbonyl (C=O) groups excluding carboxylic acids is 1. The van der Waals surface area contributed by atoms with Crippen LogP contribution in [0.15, 0.2) is 24.3 Å². The van der Waals surface area contributed by atoms with E-state index < -0.39 is 0 Å². The summed E-state index contributed by atoms with van der Waals surface area (Å²) in [6.07, 6.45) is 0.262. The van der Waals surface area contributed by atoms with E-state index in [4.69, 9.17) is 15.3 Å². The number of nitrogens with one attached hydrogen (secondary N) is 1. The van der Waals surface area contributed by atoms with E-state index >= 15 is 0 Å². The van der Waals surface area contributed by atoms with Gasteiger partial charge in [0.05, 0.1) is 12.7 Å². The Kier molecular flexibility index (Phi) is 5.55. The molecule has 1 aliphatic heterocycles. The van der Waals surface area contributed by atoms with E-state index in [-0.39, 0.29) is 12.0 Å². The summed E-state index contributed by atoms with van der Waals surface area (Å²) in [7, 11) is 0. The first-order chi connectivity index (χ1) is 10.1. The van der Waals surface area contributed by atoms with Crippen LogP contribution in [0.4, 0.5) is 0 Å². The molecule has 1 amide bonds. The molecular weight excluding hydrogens is 270 g/mol. The molecule has 3 N–H and O–H groups in total. The number of nitrogens with zero attached hydrogens (tertiary/aromatic N) is 1. The number of hydrazine groups is 1. The molecule has 6 nitrogen and oxygen atoms in total. The zero-order valence-electron chi connectivity index (χ0n) is 12.5. The highest BCUT2D eigenvalue weighted by atomic mass is 16.5. The second-order valence-corrected chi connectivity index (χ2v) is 5.34. The Morgan fingerprint density at radius 3 is 3.10 bits per heavy atom. The van der Waals surface area contributed by atoms with E-state index in [1.807, 2.05) is 6.07 Å². The molecule has 2 atom stereocenters. The first-order valence-electron chi connectivity index (χ1n) is 7.19. The van der Waals surface area contributed by atoms with Crippen molar-refractivity contribution >= 4 is 5.91 Å². The van der Waals surface area contributed by atoms with Crippen molar-refractivity contribution < 1.29 is 14.3 Å². The van der Waals surface area contributed by atoms with E-state index in [1.54, 1.807) is 18.2 Å². The molecule has 1 heterocycles. The summed E-state index contributed by atoms with van der Waals surface area (Å²) in [5.41, 5.74) is 2.60. The van der Waals surface area contributed by atoms with E-state index in [0.717, 1.165) is 19.7 Å². The van der Waals surface area contributed by atoms with Crippen LogP contribution in [0.25, 0.3) is 0 Å². The van der Waals surface area contributed by atoms with Crippen LogP contribution in [0.5, 0.6) is 5.75 Å². The molecule has 21 heavy (non-hydrogen) atoms. The smallest absolute Gasteiger partial charge is 0.265 e. The summed E-state index contributed by atoms with van der Waals surface area (Å²) in [4.78, 5) is 13.8. The predicted molar refractivity (Wildman–Crippen MR) is 80.0 cm³/mol. The van der Waals surface area contributed by atoms with Gasteiger partial charge >= 0.3 is 0 Å². The highest BCUT2D eigenvalue weighted by molar-refractivity contribution is 5.94. The zero-order chi connectivity index (χ0) is 15.2. The van der Waals surface area contributed by atoms with Gasteiger partial charge < -0.3 is 9.47 Å². The molecule has 6 heteroatoms. The number of amides is 1. The third-order valence-electron chi connectivity index (χ3n) is 3.61. The van der Waals surface area contributed by atoms with Gasteiger partial charge in [0.25, 0.3) is 5.91 Å². The van der Waals surface area contributed by atoms with Crippen LogP contribution in [0.1, 0.15) is 24.2 Å². The first-order valence-corrected chi connectivity index (χ1v) is 7.19. The summed E-state index contributed by atoms with van der Waals surface area (Å²) in [6.45, 7) is 7.31. The molecule has 0 aromatic heterocycles. The van der Waals surface area contributed by atoms with Gasteiger partial charge in [-0.05, 0) is 32.0 Å². The van der Waals surface area contributed by atoms with Crippen LogP contribution in [0.2, 0.25) is 0 Å². The van der Waals surface area contributed by atoms with Gasteiger partial charge in [-0.15, -0.1) is 0 Å². The Morgan fingerprint density at radius 1 is 1.52 bits per heavy atom. The maximum atomic E-state index is 11.5. The minimum absolute atomic E-state index is 0.262. The Labute approximate surface area is 125 Å². The van der Waals surface area contributed by atoms with Crippen LogP contribution in [-0.2, 0) is 4.74 Å². The molecule has 0 spiro atoms. The topological polar surface area (TPSA) is 76.8 Å². The van der Waals surface area contributed by atoms with Crippen molar-refractivity contribution in [2.24, 2.45) is 5.84 Å². The average Bonchev–Trinajstić information content (AvgIpc) is 2.50. The highest BCUT2D eigenvalue weighted by Crippen LogP contribution is 2.14. The van der Waals surface area contributed by atoms with Crippen LogP contribution < -0.4 is 16.0 Å². The van der Waals surface area contributed by atoms with Gasteiger partial charge in [0.2, 0.25) is 0 Å². The Balaban J connectivity index is 1.84. The Morgan fingerprint density at radius 2 is 2.33 bits per heavy atom. The molecule has 1 saturated heterocycles. The summed E-state index contributed by atoms with van der Waals surface area (Å²) < 4.78 is 11.3. The predicted octanol–water partition coefficient (Wildman–Crippen LogP) is 0.778. The number of ether oxygens (including phenoxy) is 2. The summed E-state index contributed by atoms with van der Waals surface area (Å²) in [5, 5.41) is 0. The number of nitrogen functional groups attached to an aromatic ring is 1. The molecule has 0 radical (unpaired) electrons. The van der Waals surface area contributed by atoms with Gasteiger partial charge in [-0.1, -0.05) is 6.07 Å². The molecule has 1 fully saturated rings. The number of nitrogens with two attached hydrogens (primary N) is 1. The molecule has 2 rings (SSSR count). The van der Waals surface area contributed by atoms with E-state index in [2.05, 4.69) is 24.2 Å². The van der Waals surface area contributed by atoms with E-state index in [9.17, 15) is 4.79 Å². The number of hydrogen-bond acceptors (Lipinski definition) is 5. The van der Waals surface area contributed by atoms with Crippen LogP contribution >= 0.6 is 0 Å². The Hall–Kier alpha value is -1.63. The number of morpholine rings is 1. The largest absolute Gasteiger partial charge is 0.492 e. The molecule has 1 aromatic rings. The third kappa shape index (κ3) is 4.42. The van der Waals surface area contributed by atoms with Crippen molar-refractivity contribution in [2.75, 3.05) is 26.3 Å². The SMILES string of the molecule is CC1CN(CCOc2cccc(C(=O)NN)c2)C(C)CO1. The molecule has 2 unspecified atom stereocenters.